The molecule has 0 aliphatic carbocycles. The normalized spacial score (nSPS) is 21.9. The highest BCUT2D eigenvalue weighted by Crippen LogP contribution is 2.18. The van der Waals surface area contributed by atoms with Gasteiger partial charge in [0.25, 0.3) is 5.91 Å². The lowest BCUT2D eigenvalue weighted by molar-refractivity contribution is -0.140. The number of nitrogens with one attached hydrogen (secondary N) is 3. The first-order chi connectivity index (χ1) is 19.4. The van der Waals surface area contributed by atoms with Crippen LogP contribution in [0.1, 0.15) is 54.6 Å². The van der Waals surface area contributed by atoms with E-state index in [4.69, 9.17) is 4.52 Å². The first-order valence-electron chi connectivity index (χ1n) is 13.8. The zero-order chi connectivity index (χ0) is 30.3. The fraction of sp³-hybridized carbons (Fsp3) is 0.517. The van der Waals surface area contributed by atoms with Gasteiger partial charge in [0.1, 0.15) is 29.4 Å². The average molecular weight is 569 g/mol. The zero-order valence-corrected chi connectivity index (χ0v) is 24.5. The number of aromatic nitrogens is 1. The summed E-state index contributed by atoms with van der Waals surface area (Å²) in [6, 6.07) is 6.53. The van der Waals surface area contributed by atoms with Crippen molar-refractivity contribution in [1.82, 2.24) is 30.9 Å². The summed E-state index contributed by atoms with van der Waals surface area (Å²) in [6.45, 7) is 8.46. The Labute approximate surface area is 240 Å². The second kappa shape index (κ2) is 13.9. The van der Waals surface area contributed by atoms with Crippen molar-refractivity contribution in [3.8, 4) is 0 Å². The Hall–Kier alpha value is -4.22. The molecule has 1 saturated heterocycles. The van der Waals surface area contributed by atoms with Gasteiger partial charge in [-0.05, 0) is 38.7 Å². The molecule has 0 radical (unpaired) electrons. The van der Waals surface area contributed by atoms with Crippen LogP contribution in [0.25, 0.3) is 0 Å². The fourth-order valence-electron chi connectivity index (χ4n) is 4.75. The van der Waals surface area contributed by atoms with Gasteiger partial charge in [-0.15, -0.1) is 0 Å². The molecule has 5 amide bonds. The molecule has 12 heteroatoms. The number of amides is 5. The van der Waals surface area contributed by atoms with Crippen molar-refractivity contribution in [2.75, 3.05) is 26.7 Å². The molecule has 1 aliphatic heterocycles. The molecule has 2 heterocycles. The summed E-state index contributed by atoms with van der Waals surface area (Å²) in [4.78, 5) is 69.1. The minimum atomic E-state index is -0.951. The molecule has 0 bridgehead atoms. The Kier molecular flexibility index (Phi) is 10.6. The van der Waals surface area contributed by atoms with Crippen LogP contribution in [0.3, 0.4) is 0 Å². The van der Waals surface area contributed by atoms with E-state index in [0.717, 1.165) is 5.56 Å². The number of carbonyl (C=O) groups excluding carboxylic acids is 5. The van der Waals surface area contributed by atoms with Crippen molar-refractivity contribution in [1.29, 1.82) is 0 Å². The second-order valence-corrected chi connectivity index (χ2v) is 10.8. The number of hydrogen-bond acceptors (Lipinski definition) is 7. The molecule has 3 rings (SSSR count). The van der Waals surface area contributed by atoms with Crippen LogP contribution in [-0.2, 0) is 25.6 Å². The van der Waals surface area contributed by atoms with Crippen molar-refractivity contribution in [2.24, 2.45) is 5.92 Å². The van der Waals surface area contributed by atoms with Gasteiger partial charge in [0.05, 0.1) is 12.2 Å². The molecule has 2 aromatic rings. The number of rotatable bonds is 4. The van der Waals surface area contributed by atoms with E-state index in [1.807, 2.05) is 30.3 Å². The number of aryl methyl sites for hydroxylation is 2. The minimum absolute atomic E-state index is 0.133. The first kappa shape index (κ1) is 31.3. The molecule has 1 aromatic carbocycles. The molecule has 1 aliphatic rings. The van der Waals surface area contributed by atoms with Crippen molar-refractivity contribution in [3.63, 3.8) is 0 Å². The van der Waals surface area contributed by atoms with Crippen LogP contribution in [0.2, 0.25) is 0 Å². The van der Waals surface area contributed by atoms with Crippen LogP contribution in [0.4, 0.5) is 0 Å². The van der Waals surface area contributed by atoms with Gasteiger partial charge < -0.3 is 30.3 Å². The van der Waals surface area contributed by atoms with Gasteiger partial charge >= 0.3 is 0 Å². The number of benzene rings is 1. The third-order valence-electron chi connectivity index (χ3n) is 7.15. The topological polar surface area (TPSA) is 154 Å². The lowest BCUT2D eigenvalue weighted by Crippen LogP contribution is -2.57. The van der Waals surface area contributed by atoms with Crippen LogP contribution in [0, 0.1) is 19.8 Å². The van der Waals surface area contributed by atoms with Gasteiger partial charge in [-0.3, -0.25) is 24.0 Å². The van der Waals surface area contributed by atoms with Crippen LogP contribution >= 0.6 is 0 Å². The van der Waals surface area contributed by atoms with Gasteiger partial charge in [0.2, 0.25) is 23.6 Å². The summed E-state index contributed by atoms with van der Waals surface area (Å²) in [6.07, 6.45) is 0.591. The van der Waals surface area contributed by atoms with E-state index in [2.05, 4.69) is 21.1 Å². The van der Waals surface area contributed by atoms with Crippen molar-refractivity contribution in [2.45, 2.75) is 65.6 Å². The van der Waals surface area contributed by atoms with E-state index in [-0.39, 0.29) is 37.5 Å². The Bertz CT molecular complexity index is 1240. The molecule has 12 nitrogen and oxygen atoms in total. The monoisotopic (exact) mass is 568 g/mol. The van der Waals surface area contributed by atoms with Gasteiger partial charge in [-0.1, -0.05) is 49.3 Å². The Morgan fingerprint density at radius 3 is 2.37 bits per heavy atom. The minimum Gasteiger partial charge on any atom is -0.361 e. The van der Waals surface area contributed by atoms with Crippen LogP contribution in [-0.4, -0.2) is 89.3 Å². The molecular weight excluding hydrogens is 528 g/mol. The quantitative estimate of drug-likeness (QED) is 0.497. The van der Waals surface area contributed by atoms with Crippen LogP contribution in [0.5, 0.6) is 0 Å². The van der Waals surface area contributed by atoms with Gasteiger partial charge in [-0.25, -0.2) is 0 Å². The summed E-state index contributed by atoms with van der Waals surface area (Å²) < 4.78 is 5.18. The second-order valence-electron chi connectivity index (χ2n) is 10.8. The van der Waals surface area contributed by atoms with Crippen molar-refractivity contribution >= 4 is 29.5 Å². The summed E-state index contributed by atoms with van der Waals surface area (Å²) in [5.74, 6) is -2.27. The first-order valence-corrected chi connectivity index (χ1v) is 13.8. The number of carbonyl (C=O) groups is 5. The molecular formula is C29H40N6O6. The molecule has 3 atom stereocenters. The van der Waals surface area contributed by atoms with Crippen LogP contribution in [0.15, 0.2) is 34.9 Å². The maximum Gasteiger partial charge on any atom is 0.260 e. The Morgan fingerprint density at radius 1 is 1.07 bits per heavy atom. The third kappa shape index (κ3) is 7.92. The highest BCUT2D eigenvalue weighted by Gasteiger charge is 2.34. The van der Waals surface area contributed by atoms with E-state index in [1.165, 1.54) is 16.8 Å². The SMILES string of the molecule is Cc1noc(C)c1C(=O)N1CCCNC(=O)[C@H](Cc2ccccc2)NC(=O)CN(C)C(=O)[C@H](C(C)C)NC(=O)[C@H]1C. The molecule has 222 valence electrons. The standard InChI is InChI=1S/C29H40N6O6/c1-17(2)25-29(40)34(6)16-23(36)31-22(15-21-11-8-7-9-12-21)27(38)30-13-10-14-35(19(4)26(37)32-25)28(39)24-18(3)33-41-20(24)5/h7-9,11-12,17,19,22,25H,10,13-16H2,1-6H3,(H,30,38)(H,31,36)(H,32,37)/t19-,22+,25+/m1/s1. The summed E-state index contributed by atoms with van der Waals surface area (Å²) in [5, 5.41) is 12.2. The predicted molar refractivity (Wildman–Crippen MR) is 151 cm³/mol. The van der Waals surface area contributed by atoms with E-state index in [1.54, 1.807) is 34.6 Å². The van der Waals surface area contributed by atoms with E-state index in [0.29, 0.717) is 17.9 Å². The zero-order valence-electron chi connectivity index (χ0n) is 24.5. The maximum atomic E-state index is 13.6. The summed E-state index contributed by atoms with van der Waals surface area (Å²) in [7, 11) is 1.47. The average Bonchev–Trinajstić information content (AvgIpc) is 3.27. The molecule has 0 spiro atoms. The van der Waals surface area contributed by atoms with Gasteiger partial charge in [-0.2, -0.15) is 0 Å². The van der Waals surface area contributed by atoms with E-state index in [9.17, 15) is 24.0 Å². The van der Waals surface area contributed by atoms with Gasteiger partial charge in [0, 0.05) is 26.6 Å². The van der Waals surface area contributed by atoms with Crippen molar-refractivity contribution in [3.05, 3.63) is 52.9 Å². The smallest absolute Gasteiger partial charge is 0.260 e. The molecule has 41 heavy (non-hydrogen) atoms. The van der Waals surface area contributed by atoms with E-state index < -0.39 is 47.7 Å². The fourth-order valence-corrected chi connectivity index (χ4v) is 4.75. The summed E-state index contributed by atoms with van der Waals surface area (Å²) >= 11 is 0. The lowest BCUT2D eigenvalue weighted by atomic mass is 10.0. The number of hydrogen-bond donors (Lipinski definition) is 3. The van der Waals surface area contributed by atoms with Gasteiger partial charge in [0.15, 0.2) is 0 Å². The van der Waals surface area contributed by atoms with Crippen LogP contribution < -0.4 is 16.0 Å². The molecule has 1 fully saturated rings. The third-order valence-corrected chi connectivity index (χ3v) is 7.15. The Morgan fingerprint density at radius 2 is 1.76 bits per heavy atom. The molecule has 1 aromatic heterocycles. The molecule has 3 N–H and O–H groups in total. The summed E-state index contributed by atoms with van der Waals surface area (Å²) in [5.41, 5.74) is 1.53. The number of likely N-dealkylation sites (N-methyl/N-ethyl adjacent to an activating group) is 1. The van der Waals surface area contributed by atoms with E-state index >= 15 is 0 Å². The Balaban J connectivity index is 1.92. The highest BCUT2D eigenvalue weighted by atomic mass is 16.5. The molecule has 0 saturated carbocycles. The predicted octanol–water partition coefficient (Wildman–Crippen LogP) is 0.969. The molecule has 0 unspecified atom stereocenters. The largest absolute Gasteiger partial charge is 0.361 e. The lowest BCUT2D eigenvalue weighted by Gasteiger charge is -2.32. The number of nitrogens with zero attached hydrogens (tertiary/aromatic N) is 3. The highest BCUT2D eigenvalue weighted by molar-refractivity contribution is 6.00. The van der Waals surface area contributed by atoms with Crippen molar-refractivity contribution < 1.29 is 28.5 Å². The maximum absolute atomic E-state index is 13.6.